The van der Waals surface area contributed by atoms with Crippen LogP contribution in [0.4, 0.5) is 0 Å². The van der Waals surface area contributed by atoms with Crippen LogP contribution in [-0.4, -0.2) is 23.5 Å². The van der Waals surface area contributed by atoms with Gasteiger partial charge in [-0.3, -0.25) is 20.4 Å². The van der Waals surface area contributed by atoms with Crippen LogP contribution in [0.3, 0.4) is 0 Å². The van der Waals surface area contributed by atoms with E-state index in [1.165, 1.54) is 0 Å². The minimum Gasteiger partial charge on any atom is -0.362 e. The van der Waals surface area contributed by atoms with Crippen molar-refractivity contribution in [2.24, 2.45) is 0 Å². The molecule has 7 heteroatoms. The molecule has 0 saturated heterocycles. The number of hydrazine groups is 1. The van der Waals surface area contributed by atoms with E-state index < -0.39 is 0 Å². The highest BCUT2D eigenvalue weighted by Crippen LogP contribution is 1.98. The zero-order valence-corrected chi connectivity index (χ0v) is 12.8. The summed E-state index contributed by atoms with van der Waals surface area (Å²) in [5.74, 6) is -0.451. The molecule has 0 spiro atoms. The fourth-order valence-corrected chi connectivity index (χ4v) is 1.70. The Morgan fingerprint density at radius 1 is 1.00 bits per heavy atom. The number of carbonyl (C=O) groups is 2. The maximum Gasteiger partial charge on any atom is 0.238 e. The van der Waals surface area contributed by atoms with Crippen LogP contribution in [0.2, 0.25) is 0 Å². The molecule has 0 bridgehead atoms. The summed E-state index contributed by atoms with van der Waals surface area (Å²) in [5.41, 5.74) is 6.00. The van der Waals surface area contributed by atoms with Crippen molar-refractivity contribution >= 4 is 29.1 Å². The maximum absolute atomic E-state index is 11.6. The molecule has 6 nitrogen and oxygen atoms in total. The lowest BCUT2D eigenvalue weighted by Gasteiger charge is -2.10. The molecule has 1 aromatic carbocycles. The molecule has 4 N–H and O–H groups in total. The molecule has 1 aromatic rings. The van der Waals surface area contributed by atoms with Gasteiger partial charge in [0.15, 0.2) is 5.11 Å². The quantitative estimate of drug-likeness (QED) is 0.457. The summed E-state index contributed by atoms with van der Waals surface area (Å²) in [7, 11) is 0. The van der Waals surface area contributed by atoms with E-state index in [9.17, 15) is 9.59 Å². The minimum atomic E-state index is -0.287. The van der Waals surface area contributed by atoms with Gasteiger partial charge in [-0.1, -0.05) is 30.3 Å². The number of amides is 2. The summed E-state index contributed by atoms with van der Waals surface area (Å²) < 4.78 is 0. The van der Waals surface area contributed by atoms with Crippen molar-refractivity contribution in [2.45, 2.75) is 26.3 Å². The molecular weight excluding hydrogens is 288 g/mol. The third kappa shape index (κ3) is 7.88. The highest BCUT2D eigenvalue weighted by Gasteiger charge is 2.06. The monoisotopic (exact) mass is 308 g/mol. The van der Waals surface area contributed by atoms with Crippen molar-refractivity contribution in [1.29, 1.82) is 0 Å². The summed E-state index contributed by atoms with van der Waals surface area (Å²) in [6, 6.07) is 9.60. The van der Waals surface area contributed by atoms with Crippen LogP contribution < -0.4 is 21.5 Å². The van der Waals surface area contributed by atoms with Gasteiger partial charge in [-0.2, -0.15) is 0 Å². The van der Waals surface area contributed by atoms with Crippen molar-refractivity contribution in [3.63, 3.8) is 0 Å². The second kappa shape index (κ2) is 9.71. The van der Waals surface area contributed by atoms with Crippen LogP contribution in [0.15, 0.2) is 30.3 Å². The van der Waals surface area contributed by atoms with Crippen molar-refractivity contribution in [3.05, 3.63) is 35.9 Å². The Labute approximate surface area is 129 Å². The normalized spacial score (nSPS) is 9.57. The van der Waals surface area contributed by atoms with Gasteiger partial charge in [0.1, 0.15) is 0 Å². The molecule has 0 heterocycles. The van der Waals surface area contributed by atoms with Crippen molar-refractivity contribution in [1.82, 2.24) is 21.5 Å². The Bertz CT molecular complexity index is 479. The molecule has 0 aromatic heterocycles. The number of rotatable bonds is 6. The Balaban J connectivity index is 2.15. The second-order valence-electron chi connectivity index (χ2n) is 4.29. The molecule has 0 aliphatic rings. The first-order chi connectivity index (χ1) is 10.1. The van der Waals surface area contributed by atoms with Gasteiger partial charge in [0.25, 0.3) is 0 Å². The van der Waals surface area contributed by atoms with E-state index >= 15 is 0 Å². The van der Waals surface area contributed by atoms with Crippen LogP contribution >= 0.6 is 12.2 Å². The van der Waals surface area contributed by atoms with Crippen molar-refractivity contribution in [2.75, 3.05) is 6.54 Å². The van der Waals surface area contributed by atoms with Gasteiger partial charge < -0.3 is 10.6 Å². The molecular formula is C14H20N4O2S. The first-order valence-electron chi connectivity index (χ1n) is 6.75. The lowest BCUT2D eigenvalue weighted by molar-refractivity contribution is -0.126. The van der Waals surface area contributed by atoms with Gasteiger partial charge in [-0.15, -0.1) is 0 Å². The SMILES string of the molecule is CCNC(=S)NNC(=O)CCC(=O)NCc1ccccc1. The predicted molar refractivity (Wildman–Crippen MR) is 85.1 cm³/mol. The molecule has 1 rings (SSSR count). The van der Waals surface area contributed by atoms with Crippen LogP contribution in [0.1, 0.15) is 25.3 Å². The molecule has 0 saturated carbocycles. The topological polar surface area (TPSA) is 82.3 Å². The number of thiocarbonyl (C=S) groups is 1. The van der Waals surface area contributed by atoms with E-state index in [0.29, 0.717) is 18.2 Å². The van der Waals surface area contributed by atoms with E-state index in [0.717, 1.165) is 5.56 Å². The molecule has 0 atom stereocenters. The molecule has 0 aliphatic heterocycles. The highest BCUT2D eigenvalue weighted by atomic mass is 32.1. The minimum absolute atomic E-state index is 0.0996. The van der Waals surface area contributed by atoms with Gasteiger partial charge >= 0.3 is 0 Å². The van der Waals surface area contributed by atoms with E-state index in [-0.39, 0.29) is 24.7 Å². The Kier molecular flexibility index (Phi) is 7.81. The number of benzene rings is 1. The van der Waals surface area contributed by atoms with E-state index in [2.05, 4.69) is 21.5 Å². The first kappa shape index (κ1) is 16.9. The Morgan fingerprint density at radius 3 is 2.33 bits per heavy atom. The average molecular weight is 308 g/mol. The van der Waals surface area contributed by atoms with E-state index in [1.807, 2.05) is 37.3 Å². The highest BCUT2D eigenvalue weighted by molar-refractivity contribution is 7.80. The third-order valence-electron chi connectivity index (χ3n) is 2.56. The van der Waals surface area contributed by atoms with Gasteiger partial charge in [-0.05, 0) is 24.7 Å². The summed E-state index contributed by atoms with van der Waals surface area (Å²) >= 11 is 4.89. The standard InChI is InChI=1S/C14H20N4O2S/c1-2-15-14(21)18-17-13(20)9-8-12(19)16-10-11-6-4-3-5-7-11/h3-7H,2,8-10H2,1H3,(H,16,19)(H,17,20)(H2,15,18,21). The summed E-state index contributed by atoms with van der Waals surface area (Å²) in [6.45, 7) is 3.03. The molecule has 0 fully saturated rings. The van der Waals surface area contributed by atoms with Crippen molar-refractivity contribution < 1.29 is 9.59 Å². The maximum atomic E-state index is 11.6. The van der Waals surface area contributed by atoms with E-state index in [1.54, 1.807) is 0 Å². The number of hydrogen-bond donors (Lipinski definition) is 4. The molecule has 21 heavy (non-hydrogen) atoms. The van der Waals surface area contributed by atoms with Crippen LogP contribution in [0, 0.1) is 0 Å². The van der Waals surface area contributed by atoms with Crippen LogP contribution in [0.5, 0.6) is 0 Å². The number of nitrogens with one attached hydrogen (secondary N) is 4. The molecule has 114 valence electrons. The Morgan fingerprint density at radius 2 is 1.67 bits per heavy atom. The van der Waals surface area contributed by atoms with Gasteiger partial charge in [0, 0.05) is 25.9 Å². The fourth-order valence-electron chi connectivity index (χ4n) is 1.51. The van der Waals surface area contributed by atoms with Crippen LogP contribution in [0.25, 0.3) is 0 Å². The second-order valence-corrected chi connectivity index (χ2v) is 4.70. The molecule has 0 unspecified atom stereocenters. The summed E-state index contributed by atoms with van der Waals surface area (Å²) in [6.07, 6.45) is 0.233. The predicted octanol–water partition coefficient (Wildman–Crippen LogP) is 0.598. The number of carbonyl (C=O) groups excluding carboxylic acids is 2. The van der Waals surface area contributed by atoms with Crippen LogP contribution in [-0.2, 0) is 16.1 Å². The lowest BCUT2D eigenvalue weighted by atomic mass is 10.2. The fraction of sp³-hybridized carbons (Fsp3) is 0.357. The van der Waals surface area contributed by atoms with Gasteiger partial charge in [0.05, 0.1) is 0 Å². The zero-order valence-electron chi connectivity index (χ0n) is 11.9. The molecule has 0 radical (unpaired) electrons. The van der Waals surface area contributed by atoms with Crippen molar-refractivity contribution in [3.8, 4) is 0 Å². The largest absolute Gasteiger partial charge is 0.362 e. The zero-order chi connectivity index (χ0) is 15.5. The molecule has 2 amide bonds. The third-order valence-corrected chi connectivity index (χ3v) is 2.81. The summed E-state index contributed by atoms with van der Waals surface area (Å²) in [4.78, 5) is 23.1. The first-order valence-corrected chi connectivity index (χ1v) is 7.16. The average Bonchev–Trinajstić information content (AvgIpc) is 2.50. The lowest BCUT2D eigenvalue weighted by Crippen LogP contribution is -2.46. The number of hydrogen-bond acceptors (Lipinski definition) is 3. The smallest absolute Gasteiger partial charge is 0.238 e. The Hall–Kier alpha value is -2.15. The van der Waals surface area contributed by atoms with Gasteiger partial charge in [-0.25, -0.2) is 0 Å². The van der Waals surface area contributed by atoms with Gasteiger partial charge in [0.2, 0.25) is 11.8 Å². The molecule has 0 aliphatic carbocycles. The summed E-state index contributed by atoms with van der Waals surface area (Å²) in [5, 5.41) is 5.94. The van der Waals surface area contributed by atoms with E-state index in [4.69, 9.17) is 12.2 Å².